The van der Waals surface area contributed by atoms with Crippen LogP contribution in [-0.2, 0) is 4.79 Å². The van der Waals surface area contributed by atoms with E-state index in [1.54, 1.807) is 37.3 Å². The van der Waals surface area contributed by atoms with Crippen molar-refractivity contribution in [1.82, 2.24) is 10.3 Å². The molecule has 0 aliphatic heterocycles. The number of aromatic nitrogens is 1. The van der Waals surface area contributed by atoms with Gasteiger partial charge in [0.15, 0.2) is 16.8 Å². The Morgan fingerprint density at radius 2 is 1.88 bits per heavy atom. The molecule has 10 heteroatoms. The van der Waals surface area contributed by atoms with E-state index in [0.29, 0.717) is 38.5 Å². The largest absolute Gasteiger partial charge is 0.479 e. The molecule has 1 atom stereocenters. The molecule has 0 saturated heterocycles. The minimum Gasteiger partial charge on any atom is -0.479 e. The Balaban J connectivity index is 1.39. The molecule has 1 aromatic heterocycles. The Morgan fingerprint density at radius 3 is 2.61 bits per heavy atom. The smallest absolute Gasteiger partial charge is 0.266 e. The average Bonchev–Trinajstić information content (AvgIpc) is 3.19. The van der Waals surface area contributed by atoms with Crippen LogP contribution >= 0.6 is 51.3 Å². The summed E-state index contributed by atoms with van der Waals surface area (Å²) in [7, 11) is 0. The molecule has 0 fully saturated rings. The molecular formula is C23H16BrCl2N3O3S. The van der Waals surface area contributed by atoms with E-state index >= 15 is 0 Å². The molecule has 0 bridgehead atoms. The van der Waals surface area contributed by atoms with Crippen molar-refractivity contribution in [3.05, 3.63) is 75.2 Å². The number of carbonyl (C=O) groups is 1. The highest BCUT2D eigenvalue weighted by Crippen LogP contribution is 2.29. The zero-order chi connectivity index (χ0) is 23.5. The Hall–Kier alpha value is -2.65. The molecule has 168 valence electrons. The SMILES string of the molecule is CC(Oc1ccc(Cl)cc1Cl)C(=O)NC(=S)Nc1ccc2oc(-c3ccc(Br)cc3)nc2c1. The third-order valence-corrected chi connectivity index (χ3v) is 5.80. The molecule has 0 aliphatic carbocycles. The Morgan fingerprint density at radius 1 is 1.12 bits per heavy atom. The molecule has 0 radical (unpaired) electrons. The van der Waals surface area contributed by atoms with Crippen molar-refractivity contribution >= 4 is 79.2 Å². The van der Waals surface area contributed by atoms with Crippen molar-refractivity contribution in [2.45, 2.75) is 13.0 Å². The van der Waals surface area contributed by atoms with Crippen LogP contribution < -0.4 is 15.4 Å². The van der Waals surface area contributed by atoms with Crippen molar-refractivity contribution in [2.75, 3.05) is 5.32 Å². The van der Waals surface area contributed by atoms with Gasteiger partial charge in [0.2, 0.25) is 5.89 Å². The number of fused-ring (bicyclic) bond motifs is 1. The number of benzene rings is 3. The van der Waals surface area contributed by atoms with Gasteiger partial charge in [-0.2, -0.15) is 0 Å². The van der Waals surface area contributed by atoms with E-state index in [-0.39, 0.29) is 5.11 Å². The van der Waals surface area contributed by atoms with Crippen molar-refractivity contribution in [3.8, 4) is 17.2 Å². The molecule has 3 aromatic carbocycles. The summed E-state index contributed by atoms with van der Waals surface area (Å²) in [5.41, 5.74) is 2.80. The van der Waals surface area contributed by atoms with Crippen LogP contribution in [-0.4, -0.2) is 22.1 Å². The first-order chi connectivity index (χ1) is 15.8. The van der Waals surface area contributed by atoms with Crippen molar-refractivity contribution in [1.29, 1.82) is 0 Å². The van der Waals surface area contributed by atoms with E-state index in [4.69, 9.17) is 44.6 Å². The fraction of sp³-hybridized carbons (Fsp3) is 0.0870. The maximum absolute atomic E-state index is 12.5. The highest BCUT2D eigenvalue weighted by atomic mass is 79.9. The summed E-state index contributed by atoms with van der Waals surface area (Å²) in [5, 5.41) is 6.48. The third kappa shape index (κ3) is 5.83. The van der Waals surface area contributed by atoms with Crippen molar-refractivity contribution in [3.63, 3.8) is 0 Å². The molecule has 0 aliphatic rings. The van der Waals surface area contributed by atoms with Crippen LogP contribution in [0.1, 0.15) is 6.92 Å². The van der Waals surface area contributed by atoms with Gasteiger partial charge in [0.1, 0.15) is 11.3 Å². The predicted octanol–water partition coefficient (Wildman–Crippen LogP) is 6.84. The average molecular weight is 565 g/mol. The van der Waals surface area contributed by atoms with Gasteiger partial charge in [-0.05, 0) is 79.8 Å². The number of carbonyl (C=O) groups excluding carboxylic acids is 1. The van der Waals surface area contributed by atoms with Crippen molar-refractivity contribution < 1.29 is 13.9 Å². The van der Waals surface area contributed by atoms with E-state index < -0.39 is 12.0 Å². The lowest BCUT2D eigenvalue weighted by molar-refractivity contribution is -0.125. The third-order valence-electron chi connectivity index (χ3n) is 4.54. The van der Waals surface area contributed by atoms with Gasteiger partial charge in [-0.25, -0.2) is 4.98 Å². The number of hydrogen-bond acceptors (Lipinski definition) is 5. The van der Waals surface area contributed by atoms with Gasteiger partial charge < -0.3 is 14.5 Å². The fourth-order valence-electron chi connectivity index (χ4n) is 2.91. The molecule has 33 heavy (non-hydrogen) atoms. The number of oxazole rings is 1. The molecule has 1 amide bonds. The van der Waals surface area contributed by atoms with E-state index in [0.717, 1.165) is 10.0 Å². The minimum atomic E-state index is -0.838. The molecule has 6 nitrogen and oxygen atoms in total. The summed E-state index contributed by atoms with van der Waals surface area (Å²) < 4.78 is 12.4. The van der Waals surface area contributed by atoms with E-state index in [1.165, 1.54) is 6.07 Å². The lowest BCUT2D eigenvalue weighted by Crippen LogP contribution is -2.42. The Labute approximate surface area is 213 Å². The Kier molecular flexibility index (Phi) is 7.19. The summed E-state index contributed by atoms with van der Waals surface area (Å²) in [6.07, 6.45) is -0.838. The second-order valence-corrected chi connectivity index (χ2v) is 9.15. The second-order valence-electron chi connectivity index (χ2n) is 6.99. The number of nitrogens with zero attached hydrogens (tertiary/aromatic N) is 1. The first kappa shape index (κ1) is 23.5. The first-order valence-corrected chi connectivity index (χ1v) is 11.6. The van der Waals surface area contributed by atoms with Gasteiger partial charge in [-0.15, -0.1) is 0 Å². The number of anilines is 1. The van der Waals surface area contributed by atoms with Gasteiger partial charge in [-0.3, -0.25) is 10.1 Å². The number of hydrogen-bond donors (Lipinski definition) is 2. The summed E-state index contributed by atoms with van der Waals surface area (Å²) in [6.45, 7) is 1.59. The predicted molar refractivity (Wildman–Crippen MR) is 138 cm³/mol. The number of thiocarbonyl (C=S) groups is 1. The monoisotopic (exact) mass is 563 g/mol. The number of ether oxygens (including phenoxy) is 1. The van der Waals surface area contributed by atoms with Gasteiger partial charge >= 0.3 is 0 Å². The topological polar surface area (TPSA) is 76.4 Å². The molecule has 4 rings (SSSR count). The van der Waals surface area contributed by atoms with E-state index in [1.807, 2.05) is 24.3 Å². The normalized spacial score (nSPS) is 11.8. The van der Waals surface area contributed by atoms with Gasteiger partial charge in [0.25, 0.3) is 5.91 Å². The van der Waals surface area contributed by atoms with Crippen LogP contribution in [0.5, 0.6) is 5.75 Å². The number of amides is 1. The number of nitrogens with one attached hydrogen (secondary N) is 2. The second kappa shape index (κ2) is 10.1. The van der Waals surface area contributed by atoms with E-state index in [9.17, 15) is 4.79 Å². The summed E-state index contributed by atoms with van der Waals surface area (Å²) >= 11 is 20.6. The highest BCUT2D eigenvalue weighted by Gasteiger charge is 2.18. The molecule has 1 unspecified atom stereocenters. The zero-order valence-corrected chi connectivity index (χ0v) is 21.0. The summed E-state index contributed by atoms with van der Waals surface area (Å²) in [5.74, 6) is 0.427. The maximum atomic E-state index is 12.5. The molecule has 1 heterocycles. The van der Waals surface area contributed by atoms with Crippen LogP contribution in [0, 0.1) is 0 Å². The number of halogens is 3. The van der Waals surface area contributed by atoms with Crippen LogP contribution in [0.3, 0.4) is 0 Å². The molecule has 2 N–H and O–H groups in total. The van der Waals surface area contributed by atoms with E-state index in [2.05, 4.69) is 31.5 Å². The zero-order valence-electron chi connectivity index (χ0n) is 17.1. The van der Waals surface area contributed by atoms with Gasteiger partial charge in [0.05, 0.1) is 5.02 Å². The lowest BCUT2D eigenvalue weighted by atomic mass is 10.2. The highest BCUT2D eigenvalue weighted by molar-refractivity contribution is 9.10. The quantitative estimate of drug-likeness (QED) is 0.258. The van der Waals surface area contributed by atoms with Crippen LogP contribution in [0.2, 0.25) is 10.0 Å². The van der Waals surface area contributed by atoms with Crippen LogP contribution in [0.4, 0.5) is 5.69 Å². The molecule has 0 saturated carbocycles. The van der Waals surface area contributed by atoms with Gasteiger partial charge in [-0.1, -0.05) is 39.1 Å². The minimum absolute atomic E-state index is 0.119. The molecular weight excluding hydrogens is 549 g/mol. The number of rotatable bonds is 5. The fourth-order valence-corrected chi connectivity index (χ4v) is 3.85. The molecule has 0 spiro atoms. The van der Waals surface area contributed by atoms with Crippen molar-refractivity contribution in [2.24, 2.45) is 0 Å². The maximum Gasteiger partial charge on any atom is 0.266 e. The van der Waals surface area contributed by atoms with Gasteiger partial charge in [0, 0.05) is 20.7 Å². The molecule has 4 aromatic rings. The summed E-state index contributed by atoms with van der Waals surface area (Å²) in [6, 6.07) is 17.8. The first-order valence-electron chi connectivity index (χ1n) is 9.68. The lowest BCUT2D eigenvalue weighted by Gasteiger charge is -2.16. The van der Waals surface area contributed by atoms with Crippen LogP contribution in [0.25, 0.3) is 22.6 Å². The standard InChI is InChI=1S/C23H16BrCl2N3O3S/c1-12(31-19-8-6-15(25)10-17(19)26)21(30)29-23(33)27-16-7-9-20-18(11-16)28-22(32-20)13-2-4-14(24)5-3-13/h2-12H,1H3,(H2,27,29,30,33). The summed E-state index contributed by atoms with van der Waals surface area (Å²) in [4.78, 5) is 17.0. The Bertz CT molecular complexity index is 1340. The van der Waals surface area contributed by atoms with Crippen LogP contribution in [0.15, 0.2) is 69.6 Å².